The average molecular weight is 301 g/mol. The van der Waals surface area contributed by atoms with Gasteiger partial charge >= 0.3 is 12.1 Å². The number of benzene rings is 1. The number of methoxy groups -OCH3 is 1. The van der Waals surface area contributed by atoms with E-state index in [1.807, 2.05) is 0 Å². The lowest BCUT2D eigenvalue weighted by molar-refractivity contribution is -0.137. The Morgan fingerprint density at radius 2 is 2.14 bits per heavy atom. The number of nitrogens with zero attached hydrogens (tertiary/aromatic N) is 1. The Labute approximate surface area is 117 Å². The summed E-state index contributed by atoms with van der Waals surface area (Å²) in [6.07, 6.45) is -4.51. The summed E-state index contributed by atoms with van der Waals surface area (Å²) in [5, 5.41) is 8.97. The van der Waals surface area contributed by atoms with Gasteiger partial charge in [0.05, 0.1) is 12.2 Å². The van der Waals surface area contributed by atoms with Crippen LogP contribution in [0.4, 0.5) is 13.2 Å². The van der Waals surface area contributed by atoms with Gasteiger partial charge in [0.2, 0.25) is 11.7 Å². The zero-order valence-electron chi connectivity index (χ0n) is 10.8. The number of carbonyl (C=O) groups is 1. The highest BCUT2D eigenvalue weighted by Crippen LogP contribution is 2.32. The summed E-state index contributed by atoms with van der Waals surface area (Å²) in [7, 11) is 1.34. The number of hydrogen-bond acceptors (Lipinski definition) is 4. The number of oxazole rings is 1. The fourth-order valence-electron chi connectivity index (χ4n) is 1.71. The van der Waals surface area contributed by atoms with Gasteiger partial charge in [-0.2, -0.15) is 13.2 Å². The van der Waals surface area contributed by atoms with Crippen LogP contribution in [0.3, 0.4) is 0 Å². The third-order valence-corrected chi connectivity index (χ3v) is 2.61. The van der Waals surface area contributed by atoms with E-state index in [1.54, 1.807) is 0 Å². The van der Waals surface area contributed by atoms with Crippen LogP contribution in [0.25, 0.3) is 11.5 Å². The largest absolute Gasteiger partial charge is 0.475 e. The number of carboxylic acids is 1. The van der Waals surface area contributed by atoms with E-state index >= 15 is 0 Å². The molecule has 5 nitrogen and oxygen atoms in total. The van der Waals surface area contributed by atoms with Crippen molar-refractivity contribution in [1.29, 1.82) is 0 Å². The van der Waals surface area contributed by atoms with Crippen molar-refractivity contribution in [2.24, 2.45) is 0 Å². The number of rotatable bonds is 4. The standard InChI is InChI=1S/C13H10F3NO4/c1-20-6-9-10(12(18)19)21-11(17-9)7-3-2-4-8(5-7)13(14,15)16/h2-5H,6H2,1H3,(H,18,19). The molecule has 2 rings (SSSR count). The van der Waals surface area contributed by atoms with Gasteiger partial charge in [-0.25, -0.2) is 9.78 Å². The van der Waals surface area contributed by atoms with Crippen LogP contribution < -0.4 is 0 Å². The van der Waals surface area contributed by atoms with Gasteiger partial charge in [-0.15, -0.1) is 0 Å². The molecule has 0 atom stereocenters. The quantitative estimate of drug-likeness (QED) is 0.938. The molecule has 0 unspecified atom stereocenters. The third kappa shape index (κ3) is 3.22. The maximum atomic E-state index is 12.7. The molecule has 0 aliphatic heterocycles. The fourth-order valence-corrected chi connectivity index (χ4v) is 1.71. The predicted molar refractivity (Wildman–Crippen MR) is 64.6 cm³/mol. The summed E-state index contributed by atoms with van der Waals surface area (Å²) in [6, 6.07) is 4.29. The van der Waals surface area contributed by atoms with E-state index < -0.39 is 23.5 Å². The van der Waals surface area contributed by atoms with E-state index in [4.69, 9.17) is 14.3 Å². The van der Waals surface area contributed by atoms with Crippen LogP contribution in [-0.4, -0.2) is 23.2 Å². The zero-order valence-corrected chi connectivity index (χ0v) is 10.8. The predicted octanol–water partition coefficient (Wildman–Crippen LogP) is 3.21. The highest BCUT2D eigenvalue weighted by atomic mass is 19.4. The zero-order chi connectivity index (χ0) is 15.6. The minimum atomic E-state index is -4.51. The van der Waals surface area contributed by atoms with Crippen LogP contribution in [0.15, 0.2) is 28.7 Å². The number of halogens is 3. The first-order valence-corrected chi connectivity index (χ1v) is 5.72. The summed E-state index contributed by atoms with van der Waals surface area (Å²) in [5.74, 6) is -2.03. The summed E-state index contributed by atoms with van der Waals surface area (Å²) < 4.78 is 47.8. The number of aromatic nitrogens is 1. The van der Waals surface area contributed by atoms with Gasteiger partial charge in [-0.1, -0.05) is 6.07 Å². The van der Waals surface area contributed by atoms with Crippen LogP contribution in [0.1, 0.15) is 21.8 Å². The van der Waals surface area contributed by atoms with E-state index in [0.29, 0.717) is 0 Å². The minimum absolute atomic E-state index is 0.0115. The van der Waals surface area contributed by atoms with E-state index in [1.165, 1.54) is 19.2 Å². The molecule has 0 radical (unpaired) electrons. The molecule has 112 valence electrons. The van der Waals surface area contributed by atoms with Crippen LogP contribution in [0, 0.1) is 0 Å². The van der Waals surface area contributed by atoms with E-state index in [-0.39, 0.29) is 23.8 Å². The van der Waals surface area contributed by atoms with E-state index in [2.05, 4.69) is 4.98 Å². The van der Waals surface area contributed by atoms with Crippen molar-refractivity contribution in [2.45, 2.75) is 12.8 Å². The second kappa shape index (κ2) is 5.57. The first kappa shape index (κ1) is 15.0. The topological polar surface area (TPSA) is 72.6 Å². The lowest BCUT2D eigenvalue weighted by Gasteiger charge is -2.06. The first-order valence-electron chi connectivity index (χ1n) is 5.72. The highest BCUT2D eigenvalue weighted by Gasteiger charge is 2.31. The summed E-state index contributed by atoms with van der Waals surface area (Å²) in [5.41, 5.74) is -0.824. The Bertz CT molecular complexity index is 664. The second-order valence-corrected chi connectivity index (χ2v) is 4.11. The van der Waals surface area contributed by atoms with Gasteiger partial charge in [-0.05, 0) is 18.2 Å². The molecular formula is C13H10F3NO4. The molecule has 1 N–H and O–H groups in total. The summed E-state index contributed by atoms with van der Waals surface area (Å²) >= 11 is 0. The SMILES string of the molecule is COCc1nc(-c2cccc(C(F)(F)F)c2)oc1C(=O)O. The highest BCUT2D eigenvalue weighted by molar-refractivity contribution is 5.86. The average Bonchev–Trinajstić information content (AvgIpc) is 2.83. The fraction of sp³-hybridized carbons (Fsp3) is 0.231. The molecule has 21 heavy (non-hydrogen) atoms. The molecule has 2 aromatic rings. The van der Waals surface area contributed by atoms with Gasteiger partial charge < -0.3 is 14.3 Å². The molecule has 0 aliphatic rings. The van der Waals surface area contributed by atoms with Crippen LogP contribution in [0.2, 0.25) is 0 Å². The number of alkyl halides is 3. The van der Waals surface area contributed by atoms with Gasteiger partial charge in [-0.3, -0.25) is 0 Å². The Morgan fingerprint density at radius 1 is 1.43 bits per heavy atom. The van der Waals surface area contributed by atoms with E-state index in [0.717, 1.165) is 12.1 Å². The molecule has 0 saturated carbocycles. The lowest BCUT2D eigenvalue weighted by Crippen LogP contribution is -2.04. The number of aromatic carboxylic acids is 1. The van der Waals surface area contributed by atoms with Gasteiger partial charge in [0.1, 0.15) is 5.69 Å². The molecular weight excluding hydrogens is 291 g/mol. The van der Waals surface area contributed by atoms with Crippen molar-refractivity contribution in [3.63, 3.8) is 0 Å². The molecule has 1 heterocycles. The van der Waals surface area contributed by atoms with Gasteiger partial charge in [0.25, 0.3) is 0 Å². The van der Waals surface area contributed by atoms with Crippen LogP contribution in [-0.2, 0) is 17.5 Å². The van der Waals surface area contributed by atoms with Crippen molar-refractivity contribution < 1.29 is 32.2 Å². The van der Waals surface area contributed by atoms with Crippen molar-refractivity contribution >= 4 is 5.97 Å². The second-order valence-electron chi connectivity index (χ2n) is 4.11. The van der Waals surface area contributed by atoms with Crippen molar-refractivity contribution in [3.05, 3.63) is 41.3 Å². The maximum Gasteiger partial charge on any atom is 0.416 e. The maximum absolute atomic E-state index is 12.7. The van der Waals surface area contributed by atoms with Crippen molar-refractivity contribution in [3.8, 4) is 11.5 Å². The monoisotopic (exact) mass is 301 g/mol. The number of ether oxygens (including phenoxy) is 1. The van der Waals surface area contributed by atoms with Crippen molar-refractivity contribution in [1.82, 2.24) is 4.98 Å². The Hall–Kier alpha value is -2.35. The first-order chi connectivity index (χ1) is 9.82. The molecule has 8 heteroatoms. The van der Waals surface area contributed by atoms with Gasteiger partial charge in [0, 0.05) is 12.7 Å². The minimum Gasteiger partial charge on any atom is -0.475 e. The van der Waals surface area contributed by atoms with E-state index in [9.17, 15) is 18.0 Å². The molecule has 0 saturated heterocycles. The number of hydrogen-bond donors (Lipinski definition) is 1. The smallest absolute Gasteiger partial charge is 0.416 e. The Kier molecular flexibility index (Phi) is 3.99. The molecule has 1 aromatic carbocycles. The molecule has 0 bridgehead atoms. The Morgan fingerprint density at radius 3 is 2.71 bits per heavy atom. The van der Waals surface area contributed by atoms with Crippen molar-refractivity contribution in [2.75, 3.05) is 7.11 Å². The third-order valence-electron chi connectivity index (χ3n) is 2.61. The normalized spacial score (nSPS) is 11.6. The van der Waals surface area contributed by atoms with Gasteiger partial charge in [0.15, 0.2) is 0 Å². The molecule has 0 spiro atoms. The van der Waals surface area contributed by atoms with Crippen LogP contribution >= 0.6 is 0 Å². The number of carboxylic acid groups (broad SMARTS) is 1. The molecule has 0 aliphatic carbocycles. The molecule has 0 amide bonds. The molecule has 0 fully saturated rings. The lowest BCUT2D eigenvalue weighted by atomic mass is 10.1. The summed E-state index contributed by atoms with van der Waals surface area (Å²) in [6.45, 7) is -0.121. The summed E-state index contributed by atoms with van der Waals surface area (Å²) in [4.78, 5) is 14.9. The van der Waals surface area contributed by atoms with Crippen LogP contribution in [0.5, 0.6) is 0 Å². The molecule has 1 aromatic heterocycles. The Balaban J connectivity index is 2.47.